The van der Waals surface area contributed by atoms with E-state index in [2.05, 4.69) is 25.2 Å². The summed E-state index contributed by atoms with van der Waals surface area (Å²) in [6, 6.07) is 8.34. The van der Waals surface area contributed by atoms with Crippen LogP contribution in [0.4, 0.5) is 5.69 Å². The van der Waals surface area contributed by atoms with Gasteiger partial charge in [0, 0.05) is 24.7 Å². The molecule has 2 aliphatic rings. The summed E-state index contributed by atoms with van der Waals surface area (Å²) in [5.74, 6) is 0.237. The Bertz CT molecular complexity index is 564. The van der Waals surface area contributed by atoms with Crippen LogP contribution in [0.1, 0.15) is 44.6 Å². The standard InChI is InChI=1S/C17H22N2O2/c1-11(2)14-5-3-4-6-15(14)19-10-12(9-16(19)20)17(21)18-13-7-8-13/h3-6,11-13H,7-10H2,1-2H3,(H,18,21). The average Bonchev–Trinajstić information content (AvgIpc) is 3.18. The smallest absolute Gasteiger partial charge is 0.227 e. The number of benzene rings is 1. The Morgan fingerprint density at radius 1 is 1.29 bits per heavy atom. The minimum absolute atomic E-state index is 0.0374. The highest BCUT2D eigenvalue weighted by molar-refractivity contribution is 6.01. The van der Waals surface area contributed by atoms with Gasteiger partial charge in [0.15, 0.2) is 0 Å². The molecule has 1 unspecified atom stereocenters. The molecule has 1 aliphatic carbocycles. The summed E-state index contributed by atoms with van der Waals surface area (Å²) in [5.41, 5.74) is 2.12. The quantitative estimate of drug-likeness (QED) is 0.924. The predicted molar refractivity (Wildman–Crippen MR) is 82.2 cm³/mol. The first-order valence-corrected chi connectivity index (χ1v) is 7.76. The van der Waals surface area contributed by atoms with Gasteiger partial charge in [-0.05, 0) is 30.4 Å². The number of anilines is 1. The molecule has 0 bridgehead atoms. The average molecular weight is 286 g/mol. The number of nitrogens with one attached hydrogen (secondary N) is 1. The zero-order valence-corrected chi connectivity index (χ0v) is 12.6. The summed E-state index contributed by atoms with van der Waals surface area (Å²) in [4.78, 5) is 26.2. The molecule has 1 aromatic carbocycles. The molecule has 1 aromatic rings. The van der Waals surface area contributed by atoms with Crippen LogP contribution in [0.3, 0.4) is 0 Å². The largest absolute Gasteiger partial charge is 0.353 e. The van der Waals surface area contributed by atoms with Crippen molar-refractivity contribution >= 4 is 17.5 Å². The Morgan fingerprint density at radius 2 is 2.00 bits per heavy atom. The molecule has 0 aromatic heterocycles. The third-order valence-corrected chi connectivity index (χ3v) is 4.27. The molecular formula is C17H22N2O2. The lowest BCUT2D eigenvalue weighted by Crippen LogP contribution is -2.34. The zero-order valence-electron chi connectivity index (χ0n) is 12.6. The van der Waals surface area contributed by atoms with E-state index in [1.807, 2.05) is 18.2 Å². The fourth-order valence-electron chi connectivity index (χ4n) is 2.88. The molecule has 112 valence electrons. The van der Waals surface area contributed by atoms with Crippen molar-refractivity contribution in [1.29, 1.82) is 0 Å². The van der Waals surface area contributed by atoms with Crippen LogP contribution in [0.5, 0.6) is 0 Å². The van der Waals surface area contributed by atoms with Crippen LogP contribution < -0.4 is 10.2 Å². The number of para-hydroxylation sites is 1. The monoisotopic (exact) mass is 286 g/mol. The highest BCUT2D eigenvalue weighted by atomic mass is 16.2. The van der Waals surface area contributed by atoms with E-state index in [0.717, 1.165) is 24.1 Å². The van der Waals surface area contributed by atoms with E-state index < -0.39 is 0 Å². The first-order chi connectivity index (χ1) is 10.1. The molecule has 1 N–H and O–H groups in total. The van der Waals surface area contributed by atoms with E-state index in [0.29, 0.717) is 24.9 Å². The predicted octanol–water partition coefficient (Wildman–Crippen LogP) is 2.44. The molecule has 2 fully saturated rings. The van der Waals surface area contributed by atoms with Crippen molar-refractivity contribution in [2.75, 3.05) is 11.4 Å². The van der Waals surface area contributed by atoms with Crippen LogP contribution in [0.25, 0.3) is 0 Å². The molecule has 2 amide bonds. The zero-order chi connectivity index (χ0) is 15.0. The topological polar surface area (TPSA) is 49.4 Å². The maximum absolute atomic E-state index is 12.3. The molecule has 0 spiro atoms. The van der Waals surface area contributed by atoms with Crippen molar-refractivity contribution in [2.24, 2.45) is 5.92 Å². The van der Waals surface area contributed by atoms with E-state index in [9.17, 15) is 9.59 Å². The van der Waals surface area contributed by atoms with Crippen LogP contribution in [0, 0.1) is 5.92 Å². The van der Waals surface area contributed by atoms with Crippen LogP contribution >= 0.6 is 0 Å². The van der Waals surface area contributed by atoms with Gasteiger partial charge in [0.05, 0.1) is 5.92 Å². The molecule has 21 heavy (non-hydrogen) atoms. The Morgan fingerprint density at radius 3 is 2.67 bits per heavy atom. The Balaban J connectivity index is 1.77. The van der Waals surface area contributed by atoms with Crippen molar-refractivity contribution in [3.05, 3.63) is 29.8 Å². The van der Waals surface area contributed by atoms with Gasteiger partial charge in [-0.2, -0.15) is 0 Å². The maximum atomic E-state index is 12.3. The highest BCUT2D eigenvalue weighted by Gasteiger charge is 2.37. The number of hydrogen-bond donors (Lipinski definition) is 1. The minimum atomic E-state index is -0.210. The molecule has 1 aliphatic heterocycles. The van der Waals surface area contributed by atoms with Gasteiger partial charge in [0.2, 0.25) is 11.8 Å². The summed E-state index contributed by atoms with van der Waals surface area (Å²) in [6.07, 6.45) is 2.48. The summed E-state index contributed by atoms with van der Waals surface area (Å²) in [6.45, 7) is 4.74. The van der Waals surface area contributed by atoms with E-state index in [-0.39, 0.29) is 17.7 Å². The second kappa shape index (κ2) is 5.51. The maximum Gasteiger partial charge on any atom is 0.227 e. The van der Waals surface area contributed by atoms with Gasteiger partial charge in [-0.1, -0.05) is 32.0 Å². The van der Waals surface area contributed by atoms with E-state index >= 15 is 0 Å². The van der Waals surface area contributed by atoms with Gasteiger partial charge in [-0.3, -0.25) is 9.59 Å². The molecule has 1 atom stereocenters. The number of hydrogen-bond acceptors (Lipinski definition) is 2. The number of rotatable bonds is 4. The van der Waals surface area contributed by atoms with Gasteiger partial charge in [-0.15, -0.1) is 0 Å². The van der Waals surface area contributed by atoms with Crippen molar-refractivity contribution in [3.8, 4) is 0 Å². The first-order valence-electron chi connectivity index (χ1n) is 7.76. The summed E-state index contributed by atoms with van der Waals surface area (Å²) in [5, 5.41) is 3.01. The molecule has 4 nitrogen and oxygen atoms in total. The van der Waals surface area contributed by atoms with Crippen molar-refractivity contribution in [2.45, 2.75) is 45.1 Å². The van der Waals surface area contributed by atoms with Crippen molar-refractivity contribution < 1.29 is 9.59 Å². The molecular weight excluding hydrogens is 264 g/mol. The summed E-state index contributed by atoms with van der Waals surface area (Å²) >= 11 is 0. The lowest BCUT2D eigenvalue weighted by Gasteiger charge is -2.22. The van der Waals surface area contributed by atoms with Gasteiger partial charge < -0.3 is 10.2 Å². The second-order valence-corrected chi connectivity index (χ2v) is 6.40. The third-order valence-electron chi connectivity index (χ3n) is 4.27. The summed E-state index contributed by atoms with van der Waals surface area (Å²) in [7, 11) is 0. The number of amides is 2. The highest BCUT2D eigenvalue weighted by Crippen LogP contribution is 2.32. The van der Waals surface area contributed by atoms with Crippen molar-refractivity contribution in [3.63, 3.8) is 0 Å². The van der Waals surface area contributed by atoms with Crippen LogP contribution in [-0.4, -0.2) is 24.4 Å². The fourth-order valence-corrected chi connectivity index (χ4v) is 2.88. The van der Waals surface area contributed by atoms with Crippen molar-refractivity contribution in [1.82, 2.24) is 5.32 Å². The minimum Gasteiger partial charge on any atom is -0.353 e. The first kappa shape index (κ1) is 14.1. The molecule has 1 saturated heterocycles. The SMILES string of the molecule is CC(C)c1ccccc1N1CC(C(=O)NC2CC2)CC1=O. The molecule has 1 heterocycles. The molecule has 3 rings (SSSR count). The van der Waals surface area contributed by atoms with Crippen LogP contribution in [0.2, 0.25) is 0 Å². The lowest BCUT2D eigenvalue weighted by molar-refractivity contribution is -0.126. The van der Waals surface area contributed by atoms with E-state index in [1.54, 1.807) is 4.90 Å². The number of nitrogens with zero attached hydrogens (tertiary/aromatic N) is 1. The number of carbonyl (C=O) groups is 2. The van der Waals surface area contributed by atoms with E-state index in [1.165, 1.54) is 0 Å². The Kier molecular flexibility index (Phi) is 3.70. The third kappa shape index (κ3) is 2.94. The molecule has 0 radical (unpaired) electrons. The fraction of sp³-hybridized carbons (Fsp3) is 0.529. The van der Waals surface area contributed by atoms with Gasteiger partial charge in [0.25, 0.3) is 0 Å². The van der Waals surface area contributed by atoms with E-state index in [4.69, 9.17) is 0 Å². The van der Waals surface area contributed by atoms with Crippen LogP contribution in [0.15, 0.2) is 24.3 Å². The Hall–Kier alpha value is -1.84. The molecule has 1 saturated carbocycles. The normalized spacial score (nSPS) is 22.0. The Labute approximate surface area is 125 Å². The van der Waals surface area contributed by atoms with Crippen LogP contribution in [-0.2, 0) is 9.59 Å². The van der Waals surface area contributed by atoms with Gasteiger partial charge in [-0.25, -0.2) is 0 Å². The second-order valence-electron chi connectivity index (χ2n) is 6.40. The number of carbonyl (C=O) groups excluding carboxylic acids is 2. The lowest BCUT2D eigenvalue weighted by atomic mass is 10.0. The summed E-state index contributed by atoms with van der Waals surface area (Å²) < 4.78 is 0. The van der Waals surface area contributed by atoms with Gasteiger partial charge >= 0.3 is 0 Å². The molecule has 4 heteroatoms. The van der Waals surface area contributed by atoms with Gasteiger partial charge in [0.1, 0.15) is 0 Å².